The van der Waals surface area contributed by atoms with E-state index in [9.17, 15) is 12.8 Å². The third-order valence-electron chi connectivity index (χ3n) is 5.14. The summed E-state index contributed by atoms with van der Waals surface area (Å²) in [4.78, 5) is 2.19. The van der Waals surface area contributed by atoms with Crippen LogP contribution in [-0.2, 0) is 10.0 Å². The maximum Gasteiger partial charge on any atom is 0.261 e. The lowest BCUT2D eigenvalue weighted by atomic mass is 10.1. The van der Waals surface area contributed by atoms with Crippen LogP contribution in [-0.4, -0.2) is 33.6 Å². The van der Waals surface area contributed by atoms with Crippen LogP contribution < -0.4 is 14.9 Å². The van der Waals surface area contributed by atoms with Crippen molar-refractivity contribution in [3.05, 3.63) is 66.9 Å². The molecule has 0 amide bonds. The van der Waals surface area contributed by atoms with Crippen molar-refractivity contribution in [1.82, 2.24) is 5.32 Å². The van der Waals surface area contributed by atoms with E-state index in [0.717, 1.165) is 29.9 Å². The zero-order valence-corrected chi connectivity index (χ0v) is 17.6. The molecule has 0 bridgehead atoms. The highest BCUT2D eigenvalue weighted by Gasteiger charge is 2.23. The Morgan fingerprint density at radius 1 is 1.03 bits per heavy atom. The van der Waals surface area contributed by atoms with E-state index in [2.05, 4.69) is 28.8 Å². The van der Waals surface area contributed by atoms with Crippen LogP contribution in [0.4, 0.5) is 15.8 Å². The lowest BCUT2D eigenvalue weighted by Crippen LogP contribution is -2.54. The molecule has 1 fully saturated rings. The Kier molecular flexibility index (Phi) is 5.53. The number of halogens is 1. The summed E-state index contributed by atoms with van der Waals surface area (Å²) in [5.41, 5.74) is 2.40. The molecular weight excluding hydrogens is 405 g/mol. The Hall–Kier alpha value is -2.84. The lowest BCUT2D eigenvalue weighted by molar-refractivity contribution is 0.407. The van der Waals surface area contributed by atoms with Crippen molar-refractivity contribution < 1.29 is 17.2 Å². The fourth-order valence-corrected chi connectivity index (χ4v) is 4.84. The van der Waals surface area contributed by atoms with Crippen molar-refractivity contribution in [2.75, 3.05) is 22.7 Å². The van der Waals surface area contributed by atoms with Gasteiger partial charge < -0.3 is 14.6 Å². The van der Waals surface area contributed by atoms with Gasteiger partial charge in [-0.05, 0) is 55.8 Å². The minimum atomic E-state index is -3.93. The second kappa shape index (κ2) is 8.12. The molecule has 0 spiro atoms. The fraction of sp³-hybridized carbons (Fsp3) is 0.273. The Morgan fingerprint density at radius 2 is 1.73 bits per heavy atom. The third-order valence-corrected chi connectivity index (χ3v) is 6.52. The number of anilines is 2. The Morgan fingerprint density at radius 3 is 2.37 bits per heavy atom. The van der Waals surface area contributed by atoms with E-state index in [-0.39, 0.29) is 22.7 Å². The summed E-state index contributed by atoms with van der Waals surface area (Å²) in [6.07, 6.45) is 3.14. The zero-order chi connectivity index (χ0) is 21.3. The average Bonchev–Trinajstić information content (AvgIpc) is 3.24. The zero-order valence-electron chi connectivity index (χ0n) is 16.8. The number of benzene rings is 2. The number of furan rings is 1. The molecule has 1 aliphatic rings. The van der Waals surface area contributed by atoms with E-state index in [1.807, 2.05) is 0 Å². The van der Waals surface area contributed by atoms with Crippen LogP contribution in [0.25, 0.3) is 11.1 Å². The van der Waals surface area contributed by atoms with Crippen molar-refractivity contribution in [3.8, 4) is 11.1 Å². The summed E-state index contributed by atoms with van der Waals surface area (Å²) in [6, 6.07) is 13.3. The van der Waals surface area contributed by atoms with Gasteiger partial charge >= 0.3 is 0 Å². The molecule has 0 aliphatic carbocycles. The first kappa shape index (κ1) is 20.4. The monoisotopic (exact) mass is 429 g/mol. The summed E-state index contributed by atoms with van der Waals surface area (Å²) in [7, 11) is -3.93. The summed E-state index contributed by atoms with van der Waals surface area (Å²) < 4.78 is 47.5. The topological polar surface area (TPSA) is 74.6 Å². The van der Waals surface area contributed by atoms with Crippen molar-refractivity contribution in [3.63, 3.8) is 0 Å². The maximum absolute atomic E-state index is 14.4. The smallest absolute Gasteiger partial charge is 0.261 e. The number of hydrogen-bond acceptors (Lipinski definition) is 5. The van der Waals surface area contributed by atoms with Crippen LogP contribution in [0.15, 0.2) is 70.4 Å². The van der Waals surface area contributed by atoms with Crippen LogP contribution in [0.3, 0.4) is 0 Å². The first-order valence-electron chi connectivity index (χ1n) is 9.78. The highest BCUT2D eigenvalue weighted by molar-refractivity contribution is 7.92. The van der Waals surface area contributed by atoms with E-state index in [1.54, 1.807) is 42.9 Å². The highest BCUT2D eigenvalue weighted by atomic mass is 32.2. The van der Waals surface area contributed by atoms with Gasteiger partial charge in [-0.15, -0.1) is 0 Å². The molecule has 1 aromatic heterocycles. The largest absolute Gasteiger partial charge is 0.472 e. The Balaban J connectivity index is 1.57. The molecule has 3 aromatic rings. The Labute approximate surface area is 175 Å². The molecule has 2 atom stereocenters. The van der Waals surface area contributed by atoms with Gasteiger partial charge in [-0.25, -0.2) is 12.8 Å². The number of rotatable bonds is 5. The molecule has 1 saturated heterocycles. The standard InChI is InChI=1S/C22H24FN3O3S/c1-15-12-26(13-16(2)24-15)19-5-8-21(23)22(11-19)25-30(27,28)20-6-3-17(4-7-20)18-9-10-29-14-18/h3-11,14-16,24-25H,12-13H2,1-2H3. The lowest BCUT2D eigenvalue weighted by Gasteiger charge is -2.37. The van der Waals surface area contributed by atoms with E-state index in [0.29, 0.717) is 0 Å². The van der Waals surface area contributed by atoms with E-state index in [4.69, 9.17) is 4.42 Å². The van der Waals surface area contributed by atoms with Gasteiger partial charge in [0.25, 0.3) is 10.0 Å². The number of nitrogens with one attached hydrogen (secondary N) is 2. The summed E-state index contributed by atoms with van der Waals surface area (Å²) in [5, 5.41) is 3.45. The minimum absolute atomic E-state index is 0.0592. The van der Waals surface area contributed by atoms with Gasteiger partial charge in [-0.1, -0.05) is 12.1 Å². The number of sulfonamides is 1. The molecular formula is C22H24FN3O3S. The fourth-order valence-electron chi connectivity index (χ4n) is 3.78. The molecule has 2 N–H and O–H groups in total. The minimum Gasteiger partial charge on any atom is -0.472 e. The second-order valence-corrected chi connectivity index (χ2v) is 9.36. The summed E-state index contributed by atoms with van der Waals surface area (Å²) >= 11 is 0. The summed E-state index contributed by atoms with van der Waals surface area (Å²) in [5.74, 6) is -0.617. The SMILES string of the molecule is CC1CN(c2ccc(F)c(NS(=O)(=O)c3ccc(-c4ccoc4)cc3)c2)CC(C)N1. The van der Waals surface area contributed by atoms with E-state index in [1.165, 1.54) is 18.2 Å². The first-order valence-corrected chi connectivity index (χ1v) is 11.3. The van der Waals surface area contributed by atoms with Crippen LogP contribution in [0, 0.1) is 5.82 Å². The van der Waals surface area contributed by atoms with Crippen molar-refractivity contribution in [1.29, 1.82) is 0 Å². The predicted octanol–water partition coefficient (Wildman–Crippen LogP) is 4.07. The molecule has 30 heavy (non-hydrogen) atoms. The van der Waals surface area contributed by atoms with Crippen LogP contribution in [0.1, 0.15) is 13.8 Å². The molecule has 0 radical (unpaired) electrons. The van der Waals surface area contributed by atoms with Gasteiger partial charge in [0, 0.05) is 36.4 Å². The van der Waals surface area contributed by atoms with Gasteiger partial charge in [0.05, 0.1) is 23.1 Å². The van der Waals surface area contributed by atoms with Crippen molar-refractivity contribution in [2.24, 2.45) is 0 Å². The van der Waals surface area contributed by atoms with Gasteiger partial charge in [0.2, 0.25) is 0 Å². The predicted molar refractivity (Wildman–Crippen MR) is 116 cm³/mol. The molecule has 2 unspecified atom stereocenters. The molecule has 8 heteroatoms. The molecule has 1 aliphatic heterocycles. The second-order valence-electron chi connectivity index (χ2n) is 7.68. The number of piperazine rings is 1. The van der Waals surface area contributed by atoms with Gasteiger partial charge in [-0.3, -0.25) is 4.72 Å². The maximum atomic E-state index is 14.4. The van der Waals surface area contributed by atoms with Crippen LogP contribution in [0.5, 0.6) is 0 Å². The van der Waals surface area contributed by atoms with Gasteiger partial charge in [0.1, 0.15) is 5.82 Å². The third kappa shape index (κ3) is 4.34. The van der Waals surface area contributed by atoms with Crippen LogP contribution in [0.2, 0.25) is 0 Å². The van der Waals surface area contributed by atoms with Gasteiger partial charge in [0.15, 0.2) is 0 Å². The first-order chi connectivity index (χ1) is 14.3. The molecule has 0 saturated carbocycles. The van der Waals surface area contributed by atoms with Crippen molar-refractivity contribution in [2.45, 2.75) is 30.8 Å². The normalized spacial score (nSPS) is 19.6. The average molecular weight is 430 g/mol. The molecule has 2 aromatic carbocycles. The molecule has 2 heterocycles. The molecule has 6 nitrogen and oxygen atoms in total. The quantitative estimate of drug-likeness (QED) is 0.640. The Bertz CT molecular complexity index is 1110. The molecule has 4 rings (SSSR count). The van der Waals surface area contributed by atoms with Crippen LogP contribution >= 0.6 is 0 Å². The highest BCUT2D eigenvalue weighted by Crippen LogP contribution is 2.27. The molecule has 158 valence electrons. The number of hydrogen-bond donors (Lipinski definition) is 2. The van der Waals surface area contributed by atoms with Gasteiger partial charge in [-0.2, -0.15) is 0 Å². The van der Waals surface area contributed by atoms with E-state index < -0.39 is 15.8 Å². The number of nitrogens with zero attached hydrogens (tertiary/aromatic N) is 1. The van der Waals surface area contributed by atoms with Crippen molar-refractivity contribution >= 4 is 21.4 Å². The summed E-state index contributed by atoms with van der Waals surface area (Å²) in [6.45, 7) is 5.70. The van der Waals surface area contributed by atoms with E-state index >= 15 is 0 Å².